The predicted octanol–water partition coefficient (Wildman–Crippen LogP) is 6.71. The van der Waals surface area contributed by atoms with Gasteiger partial charge in [0, 0.05) is 32.7 Å². The van der Waals surface area contributed by atoms with Crippen molar-refractivity contribution in [1.29, 1.82) is 0 Å². The molecular weight excluding hydrogens is 419 g/mol. The number of piperazine rings is 1. The molecule has 2 nitrogen and oxygen atoms in total. The number of aryl methyl sites for hydroxylation is 1. The Morgan fingerprint density at radius 3 is 1.82 bits per heavy atom. The maximum absolute atomic E-state index is 13.3. The molecule has 4 aromatic carbocycles. The Labute approximate surface area is 202 Å². The summed E-state index contributed by atoms with van der Waals surface area (Å²) < 4.78 is 13.3. The van der Waals surface area contributed by atoms with Crippen LogP contribution in [0.4, 0.5) is 4.39 Å². The lowest BCUT2D eigenvalue weighted by atomic mass is 9.96. The summed E-state index contributed by atoms with van der Waals surface area (Å²) in [7, 11) is 0. The first-order chi connectivity index (χ1) is 16.7. The van der Waals surface area contributed by atoms with Crippen LogP contribution >= 0.6 is 0 Å². The van der Waals surface area contributed by atoms with Gasteiger partial charge in [0.25, 0.3) is 0 Å². The van der Waals surface area contributed by atoms with Crippen LogP contribution < -0.4 is 0 Å². The summed E-state index contributed by atoms with van der Waals surface area (Å²) in [5.74, 6) is -0.196. The molecule has 1 heterocycles. The van der Waals surface area contributed by atoms with Crippen molar-refractivity contribution >= 4 is 0 Å². The standard InChI is InChI=1S/C31H31FN2/c1-24-12-13-28(25-14-16-30(32)17-15-25)22-29(24)23-33-18-20-34(21-19-33)31(26-8-4-2-5-9-26)27-10-6-3-7-11-27/h2-17,22,31H,18-21,23H2,1H3. The molecule has 0 aliphatic carbocycles. The predicted molar refractivity (Wildman–Crippen MR) is 138 cm³/mol. The maximum atomic E-state index is 13.3. The van der Waals surface area contributed by atoms with E-state index in [1.165, 1.54) is 34.4 Å². The Morgan fingerprint density at radius 2 is 1.24 bits per heavy atom. The van der Waals surface area contributed by atoms with Gasteiger partial charge in [0.05, 0.1) is 6.04 Å². The van der Waals surface area contributed by atoms with E-state index in [9.17, 15) is 4.39 Å². The number of rotatable bonds is 6. The molecule has 34 heavy (non-hydrogen) atoms. The van der Waals surface area contributed by atoms with Crippen molar-refractivity contribution in [2.24, 2.45) is 0 Å². The number of hydrogen-bond acceptors (Lipinski definition) is 2. The highest BCUT2D eigenvalue weighted by Gasteiger charge is 2.26. The Balaban J connectivity index is 1.30. The lowest BCUT2D eigenvalue weighted by Gasteiger charge is -2.40. The second-order valence-corrected chi connectivity index (χ2v) is 9.18. The zero-order valence-electron chi connectivity index (χ0n) is 19.7. The molecule has 0 spiro atoms. The fourth-order valence-electron chi connectivity index (χ4n) is 4.97. The van der Waals surface area contributed by atoms with Crippen LogP contribution in [0.1, 0.15) is 28.3 Å². The highest BCUT2D eigenvalue weighted by atomic mass is 19.1. The van der Waals surface area contributed by atoms with Gasteiger partial charge in [-0.2, -0.15) is 0 Å². The number of nitrogens with zero attached hydrogens (tertiary/aromatic N) is 2. The smallest absolute Gasteiger partial charge is 0.123 e. The Kier molecular flexibility index (Phi) is 6.84. The molecule has 5 rings (SSSR count). The van der Waals surface area contributed by atoms with E-state index in [0.717, 1.165) is 43.9 Å². The second-order valence-electron chi connectivity index (χ2n) is 9.18. The average Bonchev–Trinajstić information content (AvgIpc) is 2.88. The molecule has 172 valence electrons. The molecule has 0 saturated carbocycles. The molecule has 1 aliphatic rings. The van der Waals surface area contributed by atoms with Crippen molar-refractivity contribution in [2.45, 2.75) is 19.5 Å². The normalized spacial score (nSPS) is 15.0. The van der Waals surface area contributed by atoms with Gasteiger partial charge < -0.3 is 0 Å². The van der Waals surface area contributed by atoms with Gasteiger partial charge in [-0.25, -0.2) is 4.39 Å². The van der Waals surface area contributed by atoms with Gasteiger partial charge in [-0.3, -0.25) is 9.80 Å². The van der Waals surface area contributed by atoms with E-state index < -0.39 is 0 Å². The molecule has 0 bridgehead atoms. The van der Waals surface area contributed by atoms with E-state index in [0.29, 0.717) is 0 Å². The van der Waals surface area contributed by atoms with E-state index in [1.807, 2.05) is 12.1 Å². The molecule has 3 heteroatoms. The lowest BCUT2D eigenvalue weighted by molar-refractivity contribution is 0.105. The van der Waals surface area contributed by atoms with Crippen LogP contribution in [0, 0.1) is 12.7 Å². The minimum absolute atomic E-state index is 0.196. The Hall–Kier alpha value is -3.27. The van der Waals surface area contributed by atoms with Crippen molar-refractivity contribution in [3.8, 4) is 11.1 Å². The Bertz CT molecular complexity index is 1160. The van der Waals surface area contributed by atoms with Crippen LogP contribution in [-0.2, 0) is 6.54 Å². The molecule has 0 aromatic heterocycles. The van der Waals surface area contributed by atoms with E-state index in [-0.39, 0.29) is 11.9 Å². The van der Waals surface area contributed by atoms with Gasteiger partial charge in [-0.05, 0) is 58.5 Å². The maximum Gasteiger partial charge on any atom is 0.123 e. The average molecular weight is 451 g/mol. The highest BCUT2D eigenvalue weighted by molar-refractivity contribution is 5.64. The quantitative estimate of drug-likeness (QED) is 0.322. The summed E-state index contributed by atoms with van der Waals surface area (Å²) in [4.78, 5) is 5.17. The first-order valence-corrected chi connectivity index (χ1v) is 12.1. The molecule has 1 aliphatic heterocycles. The van der Waals surface area contributed by atoms with Crippen LogP contribution in [0.2, 0.25) is 0 Å². The molecule has 0 radical (unpaired) electrons. The molecule has 0 amide bonds. The van der Waals surface area contributed by atoms with Crippen LogP contribution in [-0.4, -0.2) is 36.0 Å². The second kappa shape index (κ2) is 10.3. The molecular formula is C31H31FN2. The molecule has 4 aromatic rings. The van der Waals surface area contributed by atoms with Gasteiger partial charge in [0.1, 0.15) is 5.82 Å². The minimum Gasteiger partial charge on any atom is -0.297 e. The van der Waals surface area contributed by atoms with E-state index in [1.54, 1.807) is 0 Å². The zero-order chi connectivity index (χ0) is 23.3. The van der Waals surface area contributed by atoms with Crippen molar-refractivity contribution in [3.05, 3.63) is 131 Å². The fraction of sp³-hybridized carbons (Fsp3) is 0.226. The van der Waals surface area contributed by atoms with Crippen LogP contribution in [0.25, 0.3) is 11.1 Å². The topological polar surface area (TPSA) is 6.48 Å². The zero-order valence-corrected chi connectivity index (χ0v) is 19.7. The van der Waals surface area contributed by atoms with Crippen LogP contribution in [0.3, 0.4) is 0 Å². The minimum atomic E-state index is -0.196. The first-order valence-electron chi connectivity index (χ1n) is 12.1. The monoisotopic (exact) mass is 450 g/mol. The third kappa shape index (κ3) is 5.11. The number of benzene rings is 4. The summed E-state index contributed by atoms with van der Waals surface area (Å²) in [6.45, 7) is 7.26. The van der Waals surface area contributed by atoms with Gasteiger partial charge in [-0.1, -0.05) is 84.9 Å². The first kappa shape index (κ1) is 22.5. The molecule has 1 saturated heterocycles. The molecule has 1 fully saturated rings. The number of halogens is 1. The summed E-state index contributed by atoms with van der Waals surface area (Å²) in [6, 6.07) is 35.4. The summed E-state index contributed by atoms with van der Waals surface area (Å²) in [6.07, 6.45) is 0. The van der Waals surface area contributed by atoms with Crippen molar-refractivity contribution in [3.63, 3.8) is 0 Å². The van der Waals surface area contributed by atoms with E-state index >= 15 is 0 Å². The van der Waals surface area contributed by atoms with Crippen molar-refractivity contribution < 1.29 is 4.39 Å². The summed E-state index contributed by atoms with van der Waals surface area (Å²) in [5.41, 5.74) is 7.56. The Morgan fingerprint density at radius 1 is 0.676 bits per heavy atom. The van der Waals surface area contributed by atoms with Crippen LogP contribution in [0.15, 0.2) is 103 Å². The van der Waals surface area contributed by atoms with Gasteiger partial charge in [0.2, 0.25) is 0 Å². The van der Waals surface area contributed by atoms with Crippen molar-refractivity contribution in [1.82, 2.24) is 9.80 Å². The molecule has 0 unspecified atom stereocenters. The summed E-state index contributed by atoms with van der Waals surface area (Å²) >= 11 is 0. The largest absolute Gasteiger partial charge is 0.297 e. The van der Waals surface area contributed by atoms with Gasteiger partial charge in [-0.15, -0.1) is 0 Å². The van der Waals surface area contributed by atoms with Crippen LogP contribution in [0.5, 0.6) is 0 Å². The molecule has 0 N–H and O–H groups in total. The highest BCUT2D eigenvalue weighted by Crippen LogP contribution is 2.30. The third-order valence-electron chi connectivity index (χ3n) is 6.92. The number of hydrogen-bond donors (Lipinski definition) is 0. The van der Waals surface area contributed by atoms with Gasteiger partial charge >= 0.3 is 0 Å². The van der Waals surface area contributed by atoms with E-state index in [4.69, 9.17) is 0 Å². The SMILES string of the molecule is Cc1ccc(-c2ccc(F)cc2)cc1CN1CCN(C(c2ccccc2)c2ccccc2)CC1. The van der Waals surface area contributed by atoms with Gasteiger partial charge in [0.15, 0.2) is 0 Å². The third-order valence-corrected chi connectivity index (χ3v) is 6.92. The fourth-order valence-corrected chi connectivity index (χ4v) is 4.97. The lowest BCUT2D eigenvalue weighted by Crippen LogP contribution is -2.47. The van der Waals surface area contributed by atoms with E-state index in [2.05, 4.69) is 95.6 Å². The summed E-state index contributed by atoms with van der Waals surface area (Å²) in [5, 5.41) is 0. The van der Waals surface area contributed by atoms with Crippen molar-refractivity contribution in [2.75, 3.05) is 26.2 Å². The molecule has 0 atom stereocenters.